The van der Waals surface area contributed by atoms with E-state index >= 15 is 0 Å². The zero-order chi connectivity index (χ0) is 25.1. The van der Waals surface area contributed by atoms with Gasteiger partial charge in [0.05, 0.1) is 6.61 Å². The van der Waals surface area contributed by atoms with Crippen LogP contribution in [0.1, 0.15) is 46.0 Å². The molecule has 13 nitrogen and oxygen atoms in total. The third-order valence-corrected chi connectivity index (χ3v) is 5.25. The second-order valence-corrected chi connectivity index (χ2v) is 8.52. The summed E-state index contributed by atoms with van der Waals surface area (Å²) in [5.74, 6) is -2.95. The number of hydrogen-bond acceptors (Lipinski definition) is 7. The largest absolute Gasteiger partial charge is 0.480 e. The fourth-order valence-corrected chi connectivity index (χ4v) is 3.59. The van der Waals surface area contributed by atoms with E-state index in [0.29, 0.717) is 19.3 Å². The zero-order valence-corrected chi connectivity index (χ0v) is 19.2. The highest BCUT2D eigenvalue weighted by Crippen LogP contribution is 2.20. The van der Waals surface area contributed by atoms with Crippen LogP contribution in [0.2, 0.25) is 0 Å². The first kappa shape index (κ1) is 28.1. The van der Waals surface area contributed by atoms with Crippen LogP contribution in [-0.2, 0) is 19.2 Å². The van der Waals surface area contributed by atoms with E-state index in [1.807, 2.05) is 13.8 Å². The van der Waals surface area contributed by atoms with E-state index in [9.17, 15) is 24.3 Å². The van der Waals surface area contributed by atoms with Crippen LogP contribution in [0.5, 0.6) is 0 Å². The number of hydrogen-bond donors (Lipinski definition) is 7. The lowest BCUT2D eigenvalue weighted by atomic mass is 10.0. The van der Waals surface area contributed by atoms with Gasteiger partial charge in [0, 0.05) is 13.1 Å². The van der Waals surface area contributed by atoms with Crippen molar-refractivity contribution in [3.8, 4) is 0 Å². The number of carboxylic acids is 1. The summed E-state index contributed by atoms with van der Waals surface area (Å²) in [7, 11) is 0. The molecule has 10 N–H and O–H groups in total. The molecule has 1 aliphatic heterocycles. The van der Waals surface area contributed by atoms with Gasteiger partial charge in [-0.15, -0.1) is 0 Å². The molecular weight excluding hydrogens is 434 g/mol. The van der Waals surface area contributed by atoms with Gasteiger partial charge in [0.25, 0.3) is 0 Å². The Morgan fingerprint density at radius 1 is 1.15 bits per heavy atom. The Morgan fingerprint density at radius 3 is 2.36 bits per heavy atom. The number of rotatable bonds is 13. The molecule has 3 amide bonds. The summed E-state index contributed by atoms with van der Waals surface area (Å²) >= 11 is 0. The molecule has 0 aromatic heterocycles. The van der Waals surface area contributed by atoms with E-state index in [4.69, 9.17) is 22.3 Å². The van der Waals surface area contributed by atoms with E-state index < -0.39 is 54.5 Å². The fraction of sp³-hybridized carbons (Fsp3) is 0.750. The fourth-order valence-electron chi connectivity index (χ4n) is 3.59. The quantitative estimate of drug-likeness (QED) is 0.0850. The minimum absolute atomic E-state index is 0.0493. The summed E-state index contributed by atoms with van der Waals surface area (Å²) in [6.07, 6.45) is 1.72. The molecule has 33 heavy (non-hydrogen) atoms. The van der Waals surface area contributed by atoms with Gasteiger partial charge < -0.3 is 42.9 Å². The van der Waals surface area contributed by atoms with Crippen molar-refractivity contribution in [3.63, 3.8) is 0 Å². The minimum atomic E-state index is -1.21. The number of carbonyl (C=O) groups excluding carboxylic acids is 3. The van der Waals surface area contributed by atoms with Crippen LogP contribution in [-0.4, -0.2) is 88.6 Å². The predicted molar refractivity (Wildman–Crippen MR) is 121 cm³/mol. The van der Waals surface area contributed by atoms with Crippen molar-refractivity contribution in [1.29, 1.82) is 0 Å². The Balaban J connectivity index is 2.95. The average Bonchev–Trinajstić information content (AvgIpc) is 3.23. The average molecular weight is 472 g/mol. The van der Waals surface area contributed by atoms with Crippen molar-refractivity contribution in [3.05, 3.63) is 0 Å². The Bertz CT molecular complexity index is 726. The lowest BCUT2D eigenvalue weighted by Crippen LogP contribution is -2.57. The van der Waals surface area contributed by atoms with Gasteiger partial charge in [-0.05, 0) is 38.0 Å². The molecule has 0 spiro atoms. The number of carboxylic acid groups (broad SMARTS) is 1. The molecule has 1 saturated heterocycles. The molecule has 0 saturated carbocycles. The molecule has 0 bridgehead atoms. The van der Waals surface area contributed by atoms with Gasteiger partial charge >= 0.3 is 5.97 Å². The maximum atomic E-state index is 13.3. The second kappa shape index (κ2) is 13.6. The molecule has 1 rings (SSSR count). The van der Waals surface area contributed by atoms with Gasteiger partial charge in [0.15, 0.2) is 5.96 Å². The standard InChI is InChI=1S/C20H37N7O6/c1-11(2)9-14(19(32)33)26-17(30)15-6-4-8-27(15)18(31)13(5-3-7-24-20(22)23)25-16(29)12(21)10-28/h11-15,28H,3-10,21H2,1-2H3,(H,25,29)(H,26,30)(H,32,33)(H4,22,23,24). The smallest absolute Gasteiger partial charge is 0.326 e. The number of guanidine groups is 1. The molecule has 1 heterocycles. The molecule has 188 valence electrons. The maximum absolute atomic E-state index is 13.3. The van der Waals surface area contributed by atoms with Crippen LogP contribution < -0.4 is 27.8 Å². The summed E-state index contributed by atoms with van der Waals surface area (Å²) in [5, 5.41) is 23.6. The molecule has 4 atom stereocenters. The normalized spacial score (nSPS) is 18.3. The summed E-state index contributed by atoms with van der Waals surface area (Å²) in [5.41, 5.74) is 16.2. The van der Waals surface area contributed by atoms with Crippen LogP contribution in [0.4, 0.5) is 0 Å². The van der Waals surface area contributed by atoms with Crippen molar-refractivity contribution in [1.82, 2.24) is 15.5 Å². The highest BCUT2D eigenvalue weighted by atomic mass is 16.4. The Hall–Kier alpha value is -2.93. The number of aliphatic hydroxyl groups excluding tert-OH is 1. The number of aliphatic carboxylic acids is 1. The van der Waals surface area contributed by atoms with Gasteiger partial charge in [0.2, 0.25) is 17.7 Å². The summed E-state index contributed by atoms with van der Waals surface area (Å²) in [4.78, 5) is 55.0. The third-order valence-electron chi connectivity index (χ3n) is 5.25. The first-order valence-electron chi connectivity index (χ1n) is 11.0. The van der Waals surface area contributed by atoms with Gasteiger partial charge in [-0.1, -0.05) is 13.8 Å². The lowest BCUT2D eigenvalue weighted by Gasteiger charge is -2.30. The first-order chi connectivity index (χ1) is 15.5. The van der Waals surface area contributed by atoms with Gasteiger partial charge in [-0.2, -0.15) is 0 Å². The topological polar surface area (TPSA) is 226 Å². The number of likely N-dealkylation sites (tertiary alicyclic amines) is 1. The second-order valence-electron chi connectivity index (χ2n) is 8.52. The maximum Gasteiger partial charge on any atom is 0.326 e. The Labute approximate surface area is 193 Å². The van der Waals surface area contributed by atoms with Gasteiger partial charge in [-0.3, -0.25) is 19.4 Å². The van der Waals surface area contributed by atoms with Crippen LogP contribution in [0, 0.1) is 5.92 Å². The van der Waals surface area contributed by atoms with E-state index in [1.165, 1.54) is 4.90 Å². The van der Waals surface area contributed by atoms with Gasteiger partial charge in [0.1, 0.15) is 24.2 Å². The molecule has 13 heteroatoms. The monoisotopic (exact) mass is 471 g/mol. The number of nitrogens with two attached hydrogens (primary N) is 3. The SMILES string of the molecule is CC(C)CC(NC(=O)C1CCCN1C(=O)C(CCCN=C(N)N)NC(=O)C(N)CO)C(=O)O. The van der Waals surface area contributed by atoms with Crippen LogP contribution in [0.25, 0.3) is 0 Å². The molecule has 4 unspecified atom stereocenters. The third kappa shape index (κ3) is 9.22. The molecule has 1 aliphatic rings. The predicted octanol–water partition coefficient (Wildman–Crippen LogP) is -2.55. The lowest BCUT2D eigenvalue weighted by molar-refractivity contribution is -0.145. The molecule has 0 aromatic carbocycles. The first-order valence-corrected chi connectivity index (χ1v) is 11.0. The summed E-state index contributed by atoms with van der Waals surface area (Å²) in [6, 6.07) is -4.13. The number of aliphatic imine (C=N–C) groups is 1. The molecule has 0 radical (unpaired) electrons. The van der Waals surface area contributed by atoms with Crippen LogP contribution >= 0.6 is 0 Å². The van der Waals surface area contributed by atoms with Gasteiger partial charge in [-0.25, -0.2) is 4.79 Å². The van der Waals surface area contributed by atoms with Crippen molar-refractivity contribution in [2.24, 2.45) is 28.1 Å². The number of amides is 3. The van der Waals surface area contributed by atoms with Crippen molar-refractivity contribution >= 4 is 29.7 Å². The van der Waals surface area contributed by atoms with E-state index in [-0.39, 0.29) is 37.8 Å². The summed E-state index contributed by atoms with van der Waals surface area (Å²) in [6.45, 7) is 3.61. The molecule has 1 fully saturated rings. The highest BCUT2D eigenvalue weighted by molar-refractivity contribution is 5.94. The summed E-state index contributed by atoms with van der Waals surface area (Å²) < 4.78 is 0. The van der Waals surface area contributed by atoms with E-state index in [1.54, 1.807) is 0 Å². The van der Waals surface area contributed by atoms with Crippen LogP contribution in [0.3, 0.4) is 0 Å². The number of carbonyl (C=O) groups is 4. The molecule has 0 aliphatic carbocycles. The zero-order valence-electron chi connectivity index (χ0n) is 19.2. The Kier molecular flexibility index (Phi) is 11.6. The van der Waals surface area contributed by atoms with Crippen LogP contribution in [0.15, 0.2) is 4.99 Å². The number of nitrogens with one attached hydrogen (secondary N) is 2. The number of aliphatic hydroxyl groups is 1. The highest BCUT2D eigenvalue weighted by Gasteiger charge is 2.39. The van der Waals surface area contributed by atoms with E-state index in [0.717, 1.165) is 0 Å². The van der Waals surface area contributed by atoms with E-state index in [2.05, 4.69) is 15.6 Å². The minimum Gasteiger partial charge on any atom is -0.480 e. The van der Waals surface area contributed by atoms with Crippen molar-refractivity contribution in [2.45, 2.75) is 70.1 Å². The van der Waals surface area contributed by atoms with Crippen molar-refractivity contribution < 1.29 is 29.4 Å². The molecule has 0 aromatic rings. The van der Waals surface area contributed by atoms with Crippen molar-refractivity contribution in [2.75, 3.05) is 19.7 Å². The Morgan fingerprint density at radius 2 is 1.82 bits per heavy atom. The molecular formula is C20H37N7O6. The number of nitrogens with zero attached hydrogens (tertiary/aromatic N) is 2.